The van der Waals surface area contributed by atoms with E-state index in [2.05, 4.69) is 9.47 Å². The lowest BCUT2D eigenvalue weighted by atomic mass is 9.70. The van der Waals surface area contributed by atoms with Gasteiger partial charge in [0.25, 0.3) is 5.60 Å². The molecule has 2 rings (SSSR count). The Bertz CT molecular complexity index is 1230. The molecule has 0 saturated carbocycles. The van der Waals surface area contributed by atoms with Gasteiger partial charge in [0.05, 0.1) is 13.2 Å². The number of methoxy groups -OCH3 is 1. The molecule has 0 aliphatic heterocycles. The molecule has 2 aromatic carbocycles. The van der Waals surface area contributed by atoms with Crippen LogP contribution in [0.4, 0.5) is 26.3 Å². The molecule has 0 spiro atoms. The van der Waals surface area contributed by atoms with Crippen LogP contribution in [0, 0.1) is 13.8 Å². The first kappa shape index (κ1) is 37.1. The first-order chi connectivity index (χ1) is 20.6. The standard InChI is InChI=1S/C33H42F6O5/c1-7-30(8-2,27-15-16-28(24(5)21-27)43-19-11-10-12-29(40)42-9-3)26-14-13-25(23(4)20-26)17-18-31(32(34,35)36,33(37,38)39)44-22-41-6/h13-18,20-21H,7-12,19,22H2,1-6H3/b18-17+. The summed E-state index contributed by atoms with van der Waals surface area (Å²) in [5.74, 6) is 0.491. The molecule has 0 atom stereocenters. The smallest absolute Gasteiger partial charge is 0.430 e. The van der Waals surface area contributed by atoms with Crippen molar-refractivity contribution in [1.82, 2.24) is 0 Å². The number of unbranched alkanes of at least 4 members (excludes halogenated alkanes) is 1. The molecule has 0 heterocycles. The maximum Gasteiger partial charge on any atom is 0.430 e. The van der Waals surface area contributed by atoms with Gasteiger partial charge in [-0.2, -0.15) is 26.3 Å². The van der Waals surface area contributed by atoms with Gasteiger partial charge in [0.2, 0.25) is 0 Å². The van der Waals surface area contributed by atoms with Crippen molar-refractivity contribution in [2.45, 2.75) is 90.1 Å². The molecular weight excluding hydrogens is 590 g/mol. The van der Waals surface area contributed by atoms with Gasteiger partial charge in [-0.25, -0.2) is 0 Å². The molecule has 0 unspecified atom stereocenters. The van der Waals surface area contributed by atoms with Gasteiger partial charge in [-0.05, 0) is 86.4 Å². The molecule has 2 aromatic rings. The molecule has 5 nitrogen and oxygen atoms in total. The number of aryl methyl sites for hydroxylation is 2. The summed E-state index contributed by atoms with van der Waals surface area (Å²) in [5.41, 5.74) is -1.47. The summed E-state index contributed by atoms with van der Waals surface area (Å²) in [6.45, 7) is 9.01. The van der Waals surface area contributed by atoms with Crippen molar-refractivity contribution in [2.75, 3.05) is 27.1 Å². The van der Waals surface area contributed by atoms with E-state index in [-0.39, 0.29) is 17.6 Å². The Morgan fingerprint density at radius 2 is 1.43 bits per heavy atom. The minimum atomic E-state index is -5.77. The highest BCUT2D eigenvalue weighted by atomic mass is 19.4. The lowest BCUT2D eigenvalue weighted by Crippen LogP contribution is -2.57. The predicted octanol–water partition coefficient (Wildman–Crippen LogP) is 9.02. The number of hydrogen-bond acceptors (Lipinski definition) is 5. The van der Waals surface area contributed by atoms with Crippen molar-refractivity contribution in [1.29, 1.82) is 0 Å². The number of esters is 1. The summed E-state index contributed by atoms with van der Waals surface area (Å²) in [6, 6.07) is 11.0. The summed E-state index contributed by atoms with van der Waals surface area (Å²) in [5, 5.41) is 0. The van der Waals surface area contributed by atoms with Gasteiger partial charge in [0.15, 0.2) is 0 Å². The van der Waals surface area contributed by atoms with Crippen molar-refractivity contribution < 1.29 is 50.1 Å². The number of rotatable bonds is 16. The van der Waals surface area contributed by atoms with Gasteiger partial charge >= 0.3 is 18.3 Å². The summed E-state index contributed by atoms with van der Waals surface area (Å²) < 4.78 is 102. The Hall–Kier alpha value is -3.05. The summed E-state index contributed by atoms with van der Waals surface area (Å²) in [6.07, 6.45) is -7.68. The minimum Gasteiger partial charge on any atom is -0.493 e. The molecule has 0 aliphatic carbocycles. The lowest BCUT2D eigenvalue weighted by Gasteiger charge is -2.35. The van der Waals surface area contributed by atoms with E-state index in [1.807, 2.05) is 39.0 Å². The van der Waals surface area contributed by atoms with E-state index in [9.17, 15) is 31.1 Å². The van der Waals surface area contributed by atoms with Gasteiger partial charge in [0, 0.05) is 18.9 Å². The number of alkyl halides is 6. The Balaban J connectivity index is 2.35. The largest absolute Gasteiger partial charge is 0.493 e. The lowest BCUT2D eigenvalue weighted by molar-refractivity contribution is -0.372. The van der Waals surface area contributed by atoms with E-state index >= 15 is 0 Å². The SMILES string of the molecule is CCOC(=O)CCCCOc1ccc(C(CC)(CC)c2ccc(/C=C/C(OCOC)(C(F)(F)F)C(F)(F)F)c(C)c2)cc1C. The summed E-state index contributed by atoms with van der Waals surface area (Å²) >= 11 is 0. The quantitative estimate of drug-likeness (QED) is 0.0800. The van der Waals surface area contributed by atoms with Crippen molar-refractivity contribution >= 4 is 12.0 Å². The molecule has 0 fully saturated rings. The van der Waals surface area contributed by atoms with E-state index in [0.717, 1.165) is 35.6 Å². The molecule has 0 radical (unpaired) electrons. The molecule has 0 bridgehead atoms. The van der Waals surface area contributed by atoms with Crippen LogP contribution in [-0.2, 0) is 24.4 Å². The average molecular weight is 633 g/mol. The molecule has 0 saturated heterocycles. The van der Waals surface area contributed by atoms with Crippen molar-refractivity contribution in [3.05, 3.63) is 70.3 Å². The summed E-state index contributed by atoms with van der Waals surface area (Å²) in [7, 11) is 0.941. The van der Waals surface area contributed by atoms with E-state index in [0.29, 0.717) is 50.9 Å². The van der Waals surface area contributed by atoms with Crippen LogP contribution in [-0.4, -0.2) is 51.0 Å². The monoisotopic (exact) mass is 632 g/mol. The van der Waals surface area contributed by atoms with Crippen LogP contribution in [0.1, 0.15) is 80.7 Å². The third kappa shape index (κ3) is 8.56. The molecule has 246 valence electrons. The van der Waals surface area contributed by atoms with Crippen LogP contribution >= 0.6 is 0 Å². The molecule has 0 aromatic heterocycles. The third-order valence-electron chi connectivity index (χ3n) is 7.84. The second-order valence-electron chi connectivity index (χ2n) is 10.6. The average Bonchev–Trinajstić information content (AvgIpc) is 2.94. The highest BCUT2D eigenvalue weighted by molar-refractivity contribution is 5.69. The molecule has 11 heteroatoms. The van der Waals surface area contributed by atoms with Gasteiger partial charge in [-0.15, -0.1) is 0 Å². The fourth-order valence-corrected chi connectivity index (χ4v) is 5.21. The molecule has 0 amide bonds. The van der Waals surface area contributed by atoms with Crippen molar-refractivity contribution in [3.8, 4) is 5.75 Å². The molecule has 0 N–H and O–H groups in total. The highest BCUT2D eigenvalue weighted by Gasteiger charge is 2.71. The summed E-state index contributed by atoms with van der Waals surface area (Å²) in [4.78, 5) is 11.5. The predicted molar refractivity (Wildman–Crippen MR) is 157 cm³/mol. The zero-order chi connectivity index (χ0) is 33.2. The van der Waals surface area contributed by atoms with Crippen LogP contribution in [0.25, 0.3) is 6.08 Å². The van der Waals surface area contributed by atoms with E-state index in [1.165, 1.54) is 6.07 Å². The zero-order valence-electron chi connectivity index (χ0n) is 26.1. The molecular formula is C33H42F6O5. The zero-order valence-corrected chi connectivity index (χ0v) is 26.1. The molecule has 44 heavy (non-hydrogen) atoms. The fourth-order valence-electron chi connectivity index (χ4n) is 5.21. The first-order valence-corrected chi connectivity index (χ1v) is 14.6. The Labute approximate surface area is 255 Å². The fraction of sp³-hybridized carbons (Fsp3) is 0.545. The van der Waals surface area contributed by atoms with Gasteiger partial charge < -0.3 is 18.9 Å². The van der Waals surface area contributed by atoms with Crippen LogP contribution < -0.4 is 4.74 Å². The van der Waals surface area contributed by atoms with Crippen LogP contribution in [0.2, 0.25) is 0 Å². The van der Waals surface area contributed by atoms with E-state index in [4.69, 9.17) is 9.47 Å². The van der Waals surface area contributed by atoms with Gasteiger partial charge in [-0.3, -0.25) is 4.79 Å². The van der Waals surface area contributed by atoms with E-state index < -0.39 is 30.2 Å². The maximum atomic E-state index is 13.7. The second kappa shape index (κ2) is 15.8. The number of carbonyl (C=O) groups excluding carboxylic acids is 1. The Morgan fingerprint density at radius 1 is 0.841 bits per heavy atom. The normalized spacial score (nSPS) is 13.0. The Kier molecular flexibility index (Phi) is 13.3. The topological polar surface area (TPSA) is 54.0 Å². The second-order valence-corrected chi connectivity index (χ2v) is 10.6. The highest BCUT2D eigenvalue weighted by Crippen LogP contribution is 2.47. The third-order valence-corrected chi connectivity index (χ3v) is 7.84. The number of ether oxygens (including phenoxy) is 4. The van der Waals surface area contributed by atoms with E-state index in [1.54, 1.807) is 26.0 Å². The van der Waals surface area contributed by atoms with Crippen molar-refractivity contribution in [2.24, 2.45) is 0 Å². The number of carbonyl (C=O) groups is 1. The van der Waals surface area contributed by atoms with Crippen LogP contribution in [0.5, 0.6) is 5.75 Å². The van der Waals surface area contributed by atoms with Crippen molar-refractivity contribution in [3.63, 3.8) is 0 Å². The maximum absolute atomic E-state index is 13.7. The van der Waals surface area contributed by atoms with Crippen LogP contribution in [0.15, 0.2) is 42.5 Å². The number of benzene rings is 2. The first-order valence-electron chi connectivity index (χ1n) is 14.6. The Morgan fingerprint density at radius 3 is 1.93 bits per heavy atom. The van der Waals surface area contributed by atoms with Crippen LogP contribution in [0.3, 0.4) is 0 Å². The number of halogens is 6. The minimum absolute atomic E-state index is 0.000148. The number of hydrogen-bond donors (Lipinski definition) is 0. The van der Waals surface area contributed by atoms with Gasteiger partial charge in [-0.1, -0.05) is 50.3 Å². The molecule has 0 aliphatic rings. The van der Waals surface area contributed by atoms with Gasteiger partial charge in [0.1, 0.15) is 12.5 Å².